The van der Waals surface area contributed by atoms with Crippen molar-refractivity contribution in [1.29, 1.82) is 0 Å². The van der Waals surface area contributed by atoms with Gasteiger partial charge in [0.15, 0.2) is 0 Å². The van der Waals surface area contributed by atoms with Gasteiger partial charge in [0.25, 0.3) is 0 Å². The standard InChI is InChI=1S/C10H13ClN4O/c11-7-4-6(12)5-14-10(7)15-3-1-2-8(15)9(13)16/h4-5,8H,1-3,12H2,(H2,13,16). The molecule has 86 valence electrons. The largest absolute Gasteiger partial charge is 0.397 e. The molecule has 0 saturated carbocycles. The van der Waals surface area contributed by atoms with Crippen LogP contribution in [0.15, 0.2) is 12.3 Å². The van der Waals surface area contributed by atoms with E-state index in [1.54, 1.807) is 6.07 Å². The van der Waals surface area contributed by atoms with Crippen molar-refractivity contribution in [1.82, 2.24) is 4.98 Å². The monoisotopic (exact) mass is 240 g/mol. The zero-order valence-corrected chi connectivity index (χ0v) is 9.44. The average Bonchev–Trinajstić information content (AvgIpc) is 2.66. The molecule has 1 amide bonds. The van der Waals surface area contributed by atoms with Crippen molar-refractivity contribution in [2.45, 2.75) is 18.9 Å². The number of amides is 1. The maximum Gasteiger partial charge on any atom is 0.240 e. The van der Waals surface area contributed by atoms with Gasteiger partial charge in [-0.1, -0.05) is 11.6 Å². The minimum Gasteiger partial charge on any atom is -0.397 e. The van der Waals surface area contributed by atoms with Crippen LogP contribution >= 0.6 is 11.6 Å². The summed E-state index contributed by atoms with van der Waals surface area (Å²) in [6.07, 6.45) is 3.19. The molecule has 1 unspecified atom stereocenters. The molecule has 1 aromatic rings. The summed E-state index contributed by atoms with van der Waals surface area (Å²) in [7, 11) is 0. The SMILES string of the molecule is NC(=O)C1CCCN1c1ncc(N)cc1Cl. The topological polar surface area (TPSA) is 85.2 Å². The molecule has 0 spiro atoms. The van der Waals surface area contributed by atoms with Crippen LogP contribution in [0.2, 0.25) is 5.02 Å². The Hall–Kier alpha value is -1.49. The van der Waals surface area contributed by atoms with Crippen molar-refractivity contribution >= 4 is 29.0 Å². The lowest BCUT2D eigenvalue weighted by Gasteiger charge is -2.24. The summed E-state index contributed by atoms with van der Waals surface area (Å²) in [4.78, 5) is 17.2. The molecule has 1 saturated heterocycles. The number of hydrogen-bond donors (Lipinski definition) is 2. The van der Waals surface area contributed by atoms with Crippen molar-refractivity contribution in [3.63, 3.8) is 0 Å². The van der Waals surface area contributed by atoms with E-state index in [-0.39, 0.29) is 11.9 Å². The zero-order chi connectivity index (χ0) is 11.7. The van der Waals surface area contributed by atoms with Gasteiger partial charge in [0.1, 0.15) is 11.9 Å². The van der Waals surface area contributed by atoms with E-state index >= 15 is 0 Å². The highest BCUT2D eigenvalue weighted by molar-refractivity contribution is 6.33. The first-order valence-electron chi connectivity index (χ1n) is 5.06. The fourth-order valence-corrected chi connectivity index (χ4v) is 2.26. The van der Waals surface area contributed by atoms with E-state index in [0.29, 0.717) is 16.5 Å². The minimum atomic E-state index is -0.341. The second kappa shape index (κ2) is 4.17. The van der Waals surface area contributed by atoms with Gasteiger partial charge in [-0.2, -0.15) is 0 Å². The summed E-state index contributed by atoms with van der Waals surface area (Å²) < 4.78 is 0. The second-order valence-corrected chi connectivity index (χ2v) is 4.24. The van der Waals surface area contributed by atoms with Gasteiger partial charge in [-0.05, 0) is 18.9 Å². The fraction of sp³-hybridized carbons (Fsp3) is 0.400. The van der Waals surface area contributed by atoms with Crippen LogP contribution in [0, 0.1) is 0 Å². The first-order valence-corrected chi connectivity index (χ1v) is 5.44. The highest BCUT2D eigenvalue weighted by Crippen LogP contribution is 2.30. The van der Waals surface area contributed by atoms with Crippen LogP contribution in [0.1, 0.15) is 12.8 Å². The van der Waals surface area contributed by atoms with E-state index in [4.69, 9.17) is 23.1 Å². The highest BCUT2D eigenvalue weighted by Gasteiger charge is 2.31. The van der Waals surface area contributed by atoms with Crippen molar-refractivity contribution in [3.05, 3.63) is 17.3 Å². The molecular formula is C10H13ClN4O. The van der Waals surface area contributed by atoms with Gasteiger partial charge >= 0.3 is 0 Å². The Morgan fingerprint density at radius 1 is 1.62 bits per heavy atom. The molecule has 1 aliphatic heterocycles. The molecule has 16 heavy (non-hydrogen) atoms. The second-order valence-electron chi connectivity index (χ2n) is 3.83. The number of hydrogen-bond acceptors (Lipinski definition) is 4. The molecule has 1 aromatic heterocycles. The lowest BCUT2D eigenvalue weighted by Crippen LogP contribution is -2.40. The smallest absolute Gasteiger partial charge is 0.240 e. The number of primary amides is 1. The maximum atomic E-state index is 11.2. The molecule has 1 fully saturated rings. The molecule has 6 heteroatoms. The van der Waals surface area contributed by atoms with Gasteiger partial charge in [-0.15, -0.1) is 0 Å². The summed E-state index contributed by atoms with van der Waals surface area (Å²) >= 11 is 6.04. The van der Waals surface area contributed by atoms with Gasteiger partial charge in [0.2, 0.25) is 5.91 Å². The van der Waals surface area contributed by atoms with E-state index in [2.05, 4.69) is 4.98 Å². The molecule has 0 aromatic carbocycles. The third-order valence-electron chi connectivity index (χ3n) is 2.70. The summed E-state index contributed by atoms with van der Waals surface area (Å²) in [5.74, 6) is 0.240. The van der Waals surface area contributed by atoms with Crippen LogP contribution in [-0.4, -0.2) is 23.5 Å². The summed E-state index contributed by atoms with van der Waals surface area (Å²) in [5, 5.41) is 0.452. The molecule has 0 aliphatic carbocycles. The van der Waals surface area contributed by atoms with Crippen LogP contribution < -0.4 is 16.4 Å². The Balaban J connectivity index is 2.32. The lowest BCUT2D eigenvalue weighted by atomic mass is 10.2. The number of nitrogen functional groups attached to an aromatic ring is 1. The molecule has 2 rings (SSSR count). The molecule has 2 heterocycles. The Labute approximate surface area is 98.4 Å². The first-order chi connectivity index (χ1) is 7.59. The zero-order valence-electron chi connectivity index (χ0n) is 8.69. The van der Waals surface area contributed by atoms with Gasteiger partial charge < -0.3 is 16.4 Å². The number of aromatic nitrogens is 1. The van der Waals surface area contributed by atoms with Crippen LogP contribution in [0.25, 0.3) is 0 Å². The van der Waals surface area contributed by atoms with Crippen molar-refractivity contribution in [2.24, 2.45) is 5.73 Å². The predicted molar refractivity (Wildman–Crippen MR) is 63.2 cm³/mol. The number of rotatable bonds is 2. The minimum absolute atomic E-state index is 0.311. The first kappa shape index (κ1) is 11.0. The molecule has 0 radical (unpaired) electrons. The van der Waals surface area contributed by atoms with E-state index < -0.39 is 0 Å². The third kappa shape index (κ3) is 1.90. The average molecular weight is 241 g/mol. The van der Waals surface area contributed by atoms with Gasteiger partial charge in [-0.25, -0.2) is 4.98 Å². The summed E-state index contributed by atoms with van der Waals surface area (Å²) in [5.41, 5.74) is 11.4. The van der Waals surface area contributed by atoms with Crippen molar-refractivity contribution in [3.8, 4) is 0 Å². The van der Waals surface area contributed by atoms with Gasteiger partial charge in [0.05, 0.1) is 16.9 Å². The fourth-order valence-electron chi connectivity index (χ4n) is 1.97. The van der Waals surface area contributed by atoms with Crippen LogP contribution in [0.4, 0.5) is 11.5 Å². The number of nitrogens with two attached hydrogens (primary N) is 2. The van der Waals surface area contributed by atoms with Gasteiger partial charge in [-0.3, -0.25) is 4.79 Å². The molecule has 1 aliphatic rings. The van der Waals surface area contributed by atoms with E-state index in [9.17, 15) is 4.79 Å². The van der Waals surface area contributed by atoms with Crippen LogP contribution in [0.5, 0.6) is 0 Å². The predicted octanol–water partition coefficient (Wildman–Crippen LogP) is 0.771. The number of carbonyl (C=O) groups excluding carboxylic acids is 1. The Morgan fingerprint density at radius 2 is 2.38 bits per heavy atom. The molecular weight excluding hydrogens is 228 g/mol. The van der Waals surface area contributed by atoms with E-state index in [1.165, 1.54) is 6.20 Å². The van der Waals surface area contributed by atoms with E-state index in [1.807, 2.05) is 4.90 Å². The number of anilines is 2. The summed E-state index contributed by atoms with van der Waals surface area (Å²) in [6.45, 7) is 0.740. The molecule has 0 bridgehead atoms. The highest BCUT2D eigenvalue weighted by atomic mass is 35.5. The number of halogens is 1. The number of carbonyl (C=O) groups is 1. The van der Waals surface area contributed by atoms with Crippen molar-refractivity contribution < 1.29 is 4.79 Å². The maximum absolute atomic E-state index is 11.2. The van der Waals surface area contributed by atoms with Crippen LogP contribution in [-0.2, 0) is 4.79 Å². The number of pyridine rings is 1. The third-order valence-corrected chi connectivity index (χ3v) is 2.97. The van der Waals surface area contributed by atoms with E-state index in [0.717, 1.165) is 19.4 Å². The summed E-state index contributed by atoms with van der Waals surface area (Å²) in [6, 6.07) is 1.31. The van der Waals surface area contributed by atoms with Gasteiger partial charge in [0, 0.05) is 6.54 Å². The quantitative estimate of drug-likeness (QED) is 0.800. The normalized spacial score (nSPS) is 20.1. The Morgan fingerprint density at radius 3 is 3.00 bits per heavy atom. The molecule has 5 nitrogen and oxygen atoms in total. The Kier molecular flexibility index (Phi) is 2.87. The number of nitrogens with zero attached hydrogens (tertiary/aromatic N) is 2. The molecule has 4 N–H and O–H groups in total. The Bertz CT molecular complexity index is 423. The lowest BCUT2D eigenvalue weighted by molar-refractivity contribution is -0.119. The van der Waals surface area contributed by atoms with Crippen molar-refractivity contribution in [2.75, 3.05) is 17.2 Å². The van der Waals surface area contributed by atoms with Crippen LogP contribution in [0.3, 0.4) is 0 Å². The molecule has 1 atom stereocenters.